The second-order valence-corrected chi connectivity index (χ2v) is 12.5. The van der Waals surface area contributed by atoms with Crippen LogP contribution in [-0.4, -0.2) is 21.8 Å². The molecule has 238 valence electrons. The van der Waals surface area contributed by atoms with Crippen molar-refractivity contribution in [1.82, 2.24) is 0 Å². The summed E-state index contributed by atoms with van der Waals surface area (Å²) in [6.07, 6.45) is 34.0. The summed E-state index contributed by atoms with van der Waals surface area (Å²) in [5.74, 6) is -1.98. The summed E-state index contributed by atoms with van der Waals surface area (Å²) in [5, 5.41) is 20.5. The first kappa shape index (κ1) is 38.6. The number of carbonyl (C=O) groups excluding carboxylic acids is 2. The molecular weight excluding hydrogens is 604 g/mol. The first-order chi connectivity index (χ1) is 20.0. The van der Waals surface area contributed by atoms with E-state index in [-0.39, 0.29) is 44.2 Å². The van der Waals surface area contributed by atoms with E-state index in [1.807, 2.05) is 12.2 Å². The number of hydrogen-bond donors (Lipinski definition) is 2. The summed E-state index contributed by atoms with van der Waals surface area (Å²) in [6, 6.07) is 0. The van der Waals surface area contributed by atoms with Crippen molar-refractivity contribution in [1.29, 1.82) is 0 Å². The van der Waals surface area contributed by atoms with E-state index in [9.17, 15) is 19.8 Å². The van der Waals surface area contributed by atoms with Crippen LogP contribution in [0.4, 0.5) is 0 Å². The van der Waals surface area contributed by atoms with Gasteiger partial charge in [-0.15, -0.1) is 0 Å². The summed E-state index contributed by atoms with van der Waals surface area (Å²) in [7, 11) is 0. The van der Waals surface area contributed by atoms with Gasteiger partial charge in [-0.3, -0.25) is 9.59 Å². The Hall–Kier alpha value is -1.41. The zero-order valence-corrected chi connectivity index (χ0v) is 28.9. The molecule has 2 atom stereocenters. The maximum atomic E-state index is 13.1. The minimum absolute atomic E-state index is 0. The number of aliphatic hydroxyl groups is 2. The Kier molecular flexibility index (Phi) is 22.0. The van der Waals surface area contributed by atoms with Crippen LogP contribution in [0, 0.1) is 11.8 Å². The number of ketones is 2. The molecule has 2 unspecified atom stereocenters. The van der Waals surface area contributed by atoms with Crippen LogP contribution in [0.3, 0.4) is 0 Å². The van der Waals surface area contributed by atoms with Crippen molar-refractivity contribution in [3.05, 3.63) is 47.0 Å². The molecule has 0 saturated carbocycles. The van der Waals surface area contributed by atoms with Crippen LogP contribution >= 0.6 is 0 Å². The number of carbonyl (C=O) groups is 2. The Morgan fingerprint density at radius 2 is 0.762 bits per heavy atom. The van der Waals surface area contributed by atoms with Gasteiger partial charge < -0.3 is 10.2 Å². The van der Waals surface area contributed by atoms with E-state index in [2.05, 4.69) is 13.8 Å². The Morgan fingerprint density at radius 1 is 0.476 bits per heavy atom. The summed E-state index contributed by atoms with van der Waals surface area (Å²) in [5.41, 5.74) is 2.04. The molecule has 0 spiro atoms. The number of Topliss-reactive ketones (excluding diaryl/α,β-unsaturated/α-hetero) is 2. The SMILES string of the molecule is CCCCCCCCCCCCC1=CC=C(O)C(=O)C1CC1C(=O)C(O)=CC=C1CCCCCCCCCCCC.[Mo]. The minimum atomic E-state index is -0.491. The average Bonchev–Trinajstić information content (AvgIpc) is 2.97. The molecule has 2 aliphatic carbocycles. The zero-order valence-electron chi connectivity index (χ0n) is 26.8. The monoisotopic (exact) mass is 666 g/mol. The van der Waals surface area contributed by atoms with Gasteiger partial charge in [0.1, 0.15) is 0 Å². The van der Waals surface area contributed by atoms with Gasteiger partial charge in [0.25, 0.3) is 0 Å². The molecule has 0 radical (unpaired) electrons. The summed E-state index contributed by atoms with van der Waals surface area (Å²) < 4.78 is 0. The minimum Gasteiger partial charge on any atom is -0.504 e. The molecular formula is C37H60MoO4. The average molecular weight is 665 g/mol. The van der Waals surface area contributed by atoms with Gasteiger partial charge in [0.05, 0.1) is 0 Å². The topological polar surface area (TPSA) is 74.6 Å². The summed E-state index contributed by atoms with van der Waals surface area (Å²) >= 11 is 0. The third kappa shape index (κ3) is 14.9. The number of rotatable bonds is 24. The molecule has 0 bridgehead atoms. The van der Waals surface area contributed by atoms with E-state index in [1.54, 1.807) is 0 Å². The molecule has 2 aliphatic rings. The molecule has 4 nitrogen and oxygen atoms in total. The fourth-order valence-corrected chi connectivity index (χ4v) is 6.36. The van der Waals surface area contributed by atoms with Gasteiger partial charge in [0.2, 0.25) is 11.6 Å². The summed E-state index contributed by atoms with van der Waals surface area (Å²) in [4.78, 5) is 26.1. The molecule has 0 aliphatic heterocycles. The van der Waals surface area contributed by atoms with Crippen molar-refractivity contribution in [3.8, 4) is 0 Å². The molecule has 0 saturated heterocycles. The van der Waals surface area contributed by atoms with Crippen LogP contribution < -0.4 is 0 Å². The Labute approximate surface area is 271 Å². The Bertz CT molecular complexity index is 825. The van der Waals surface area contributed by atoms with Crippen LogP contribution in [0.1, 0.15) is 162 Å². The Balaban J connectivity index is 0.00000882. The third-order valence-corrected chi connectivity index (χ3v) is 9.05. The number of aliphatic hydroxyl groups excluding tert-OH is 2. The molecule has 42 heavy (non-hydrogen) atoms. The van der Waals surface area contributed by atoms with E-state index >= 15 is 0 Å². The number of hydrogen-bond acceptors (Lipinski definition) is 4. The van der Waals surface area contributed by atoms with Gasteiger partial charge in [-0.05, 0) is 44.3 Å². The molecule has 2 rings (SSSR count). The first-order valence-electron chi connectivity index (χ1n) is 17.3. The fourth-order valence-electron chi connectivity index (χ4n) is 6.36. The molecule has 2 N–H and O–H groups in total. The van der Waals surface area contributed by atoms with Crippen molar-refractivity contribution in [2.45, 2.75) is 162 Å². The zero-order chi connectivity index (χ0) is 29.7. The van der Waals surface area contributed by atoms with Crippen LogP contribution in [-0.2, 0) is 30.7 Å². The predicted molar refractivity (Wildman–Crippen MR) is 172 cm³/mol. The molecule has 0 aromatic rings. The van der Waals surface area contributed by atoms with Crippen molar-refractivity contribution >= 4 is 11.6 Å². The van der Waals surface area contributed by atoms with E-state index < -0.39 is 11.8 Å². The second-order valence-electron chi connectivity index (χ2n) is 12.5. The van der Waals surface area contributed by atoms with Gasteiger partial charge in [-0.1, -0.05) is 153 Å². The Morgan fingerprint density at radius 3 is 1.07 bits per heavy atom. The van der Waals surface area contributed by atoms with Crippen molar-refractivity contribution < 1.29 is 40.9 Å². The molecule has 0 amide bonds. The maximum absolute atomic E-state index is 13.1. The summed E-state index contributed by atoms with van der Waals surface area (Å²) in [6.45, 7) is 4.50. The van der Waals surface area contributed by atoms with Crippen molar-refractivity contribution in [2.24, 2.45) is 11.8 Å². The second kappa shape index (κ2) is 24.0. The molecule has 5 heteroatoms. The standard InChI is InChI=1S/C37H60O4.Mo/c1-3-5-7-9-11-13-15-17-19-21-23-30-25-27-34(38)36(40)32(30)29-33-31(26-28-35(39)37(33)41)24-22-20-18-16-14-12-10-8-6-4-2;/h25-28,32-33,38-39H,3-24,29H2,1-2H3;. The molecule has 0 aromatic carbocycles. The van der Waals surface area contributed by atoms with Crippen molar-refractivity contribution in [3.63, 3.8) is 0 Å². The maximum Gasteiger partial charge on any atom is 0.204 e. The van der Waals surface area contributed by atoms with Gasteiger partial charge in [-0.25, -0.2) is 0 Å². The van der Waals surface area contributed by atoms with E-state index in [4.69, 9.17) is 0 Å². The smallest absolute Gasteiger partial charge is 0.204 e. The van der Waals surface area contributed by atoms with Crippen LogP contribution in [0.15, 0.2) is 47.0 Å². The molecule has 0 heterocycles. The molecule has 0 fully saturated rings. The van der Waals surface area contributed by atoms with Gasteiger partial charge >= 0.3 is 0 Å². The first-order valence-corrected chi connectivity index (χ1v) is 17.3. The largest absolute Gasteiger partial charge is 0.504 e. The van der Waals surface area contributed by atoms with E-state index in [1.165, 1.54) is 115 Å². The van der Waals surface area contributed by atoms with Crippen LogP contribution in [0.25, 0.3) is 0 Å². The van der Waals surface area contributed by atoms with Gasteiger partial charge in [0, 0.05) is 32.9 Å². The fraction of sp³-hybridized carbons (Fsp3) is 0.730. The predicted octanol–water partition coefficient (Wildman–Crippen LogP) is 11.1. The quantitative estimate of drug-likeness (QED) is 0.0795. The van der Waals surface area contributed by atoms with Gasteiger partial charge in [0.15, 0.2) is 11.5 Å². The van der Waals surface area contributed by atoms with Crippen LogP contribution in [0.5, 0.6) is 0 Å². The number of allylic oxidation sites excluding steroid dienone is 8. The molecule has 0 aromatic heterocycles. The van der Waals surface area contributed by atoms with Gasteiger partial charge in [-0.2, -0.15) is 0 Å². The van der Waals surface area contributed by atoms with Crippen LogP contribution in [0.2, 0.25) is 0 Å². The van der Waals surface area contributed by atoms with Crippen molar-refractivity contribution in [2.75, 3.05) is 0 Å². The number of unbranched alkanes of at least 4 members (excludes halogenated alkanes) is 18. The third-order valence-electron chi connectivity index (χ3n) is 9.05. The van der Waals surface area contributed by atoms with E-state index in [0.29, 0.717) is 6.42 Å². The normalized spacial score (nSPS) is 18.7. The van der Waals surface area contributed by atoms with E-state index in [0.717, 1.165) is 49.7 Å².